The van der Waals surface area contributed by atoms with Crippen LogP contribution in [0, 0.1) is 5.82 Å². The van der Waals surface area contributed by atoms with E-state index in [4.69, 9.17) is 9.47 Å². The highest BCUT2D eigenvalue weighted by atomic mass is 19.1. The molecule has 0 saturated carbocycles. The highest BCUT2D eigenvalue weighted by molar-refractivity contribution is 5.90. The standard InChI is InChI=1S/C27H29FN2O3/c1-4-32-27(31)24-11-9-21(13-25(24)28)26-12-10-22(14-29-26)33-23-16-30(17-23)15-19-5-7-20(8-6-19)18(2)3/h5-14,18,23H,4,15-17H2,1-3H3. The number of likely N-dealkylation sites (tertiary alicyclic amines) is 1. The molecule has 1 fully saturated rings. The first-order valence-corrected chi connectivity index (χ1v) is 11.3. The van der Waals surface area contributed by atoms with E-state index in [1.807, 2.05) is 6.07 Å². The molecule has 0 N–H and O–H groups in total. The molecular formula is C27H29FN2O3. The van der Waals surface area contributed by atoms with Crippen molar-refractivity contribution in [3.63, 3.8) is 0 Å². The van der Waals surface area contributed by atoms with Gasteiger partial charge in [0, 0.05) is 25.2 Å². The van der Waals surface area contributed by atoms with Gasteiger partial charge >= 0.3 is 5.97 Å². The first-order chi connectivity index (χ1) is 15.9. The van der Waals surface area contributed by atoms with E-state index >= 15 is 0 Å². The van der Waals surface area contributed by atoms with Crippen LogP contribution < -0.4 is 4.74 Å². The number of carbonyl (C=O) groups excluding carboxylic acids is 1. The Labute approximate surface area is 194 Å². The summed E-state index contributed by atoms with van der Waals surface area (Å²) in [6.07, 6.45) is 1.79. The number of nitrogens with zero attached hydrogens (tertiary/aromatic N) is 2. The van der Waals surface area contributed by atoms with Crippen molar-refractivity contribution in [1.29, 1.82) is 0 Å². The number of esters is 1. The van der Waals surface area contributed by atoms with Crippen LogP contribution in [0.5, 0.6) is 5.75 Å². The predicted octanol–water partition coefficient (Wildman–Crippen LogP) is 5.45. The van der Waals surface area contributed by atoms with Crippen LogP contribution in [0.4, 0.5) is 4.39 Å². The summed E-state index contributed by atoms with van der Waals surface area (Å²) in [4.78, 5) is 18.5. The van der Waals surface area contributed by atoms with Crippen molar-refractivity contribution in [2.75, 3.05) is 19.7 Å². The average molecular weight is 449 g/mol. The summed E-state index contributed by atoms with van der Waals surface area (Å²) in [5.74, 6) is -0.0565. The van der Waals surface area contributed by atoms with E-state index in [0.717, 1.165) is 19.6 Å². The molecule has 2 heterocycles. The first kappa shape index (κ1) is 22.9. The molecule has 1 aromatic heterocycles. The Bertz CT molecular complexity index is 1090. The molecule has 4 rings (SSSR count). The van der Waals surface area contributed by atoms with Gasteiger partial charge in [-0.25, -0.2) is 9.18 Å². The molecule has 1 aliphatic heterocycles. The molecule has 1 aliphatic rings. The Morgan fingerprint density at radius 2 is 1.88 bits per heavy atom. The van der Waals surface area contributed by atoms with Crippen molar-refractivity contribution in [3.05, 3.63) is 83.3 Å². The second-order valence-corrected chi connectivity index (χ2v) is 8.62. The number of ether oxygens (including phenoxy) is 2. The number of halogens is 1. The van der Waals surface area contributed by atoms with E-state index in [-0.39, 0.29) is 18.3 Å². The summed E-state index contributed by atoms with van der Waals surface area (Å²) in [7, 11) is 0. The number of hydrogen-bond acceptors (Lipinski definition) is 5. The lowest BCUT2D eigenvalue weighted by molar-refractivity contribution is 0.0144. The lowest BCUT2D eigenvalue weighted by Gasteiger charge is -2.39. The average Bonchev–Trinajstić information content (AvgIpc) is 2.78. The highest BCUT2D eigenvalue weighted by Crippen LogP contribution is 2.25. The number of carbonyl (C=O) groups is 1. The molecule has 0 bridgehead atoms. The summed E-state index contributed by atoms with van der Waals surface area (Å²) >= 11 is 0. The van der Waals surface area contributed by atoms with Gasteiger partial charge in [0.15, 0.2) is 0 Å². The molecule has 5 nitrogen and oxygen atoms in total. The van der Waals surface area contributed by atoms with Crippen molar-refractivity contribution in [2.45, 2.75) is 39.3 Å². The van der Waals surface area contributed by atoms with Crippen molar-refractivity contribution in [1.82, 2.24) is 9.88 Å². The van der Waals surface area contributed by atoms with Gasteiger partial charge in [-0.1, -0.05) is 44.2 Å². The molecule has 0 unspecified atom stereocenters. The van der Waals surface area contributed by atoms with Crippen LogP contribution in [0.2, 0.25) is 0 Å². The van der Waals surface area contributed by atoms with Gasteiger partial charge < -0.3 is 9.47 Å². The molecule has 0 aliphatic carbocycles. The van der Waals surface area contributed by atoms with E-state index in [1.165, 1.54) is 23.3 Å². The normalized spacial score (nSPS) is 14.2. The number of aromatic nitrogens is 1. The summed E-state index contributed by atoms with van der Waals surface area (Å²) in [6.45, 7) is 8.95. The van der Waals surface area contributed by atoms with E-state index in [2.05, 4.69) is 48.0 Å². The molecule has 33 heavy (non-hydrogen) atoms. The zero-order valence-electron chi connectivity index (χ0n) is 19.3. The number of hydrogen-bond donors (Lipinski definition) is 0. The van der Waals surface area contributed by atoms with Crippen LogP contribution in [0.25, 0.3) is 11.3 Å². The molecule has 0 amide bonds. The van der Waals surface area contributed by atoms with E-state index in [1.54, 1.807) is 25.3 Å². The minimum absolute atomic E-state index is 0.0778. The molecule has 0 atom stereocenters. The van der Waals surface area contributed by atoms with Gasteiger partial charge in [0.1, 0.15) is 17.7 Å². The molecule has 0 spiro atoms. The zero-order valence-corrected chi connectivity index (χ0v) is 19.3. The maximum Gasteiger partial charge on any atom is 0.341 e. The van der Waals surface area contributed by atoms with Crippen LogP contribution in [0.3, 0.4) is 0 Å². The van der Waals surface area contributed by atoms with Crippen molar-refractivity contribution in [3.8, 4) is 17.0 Å². The largest absolute Gasteiger partial charge is 0.486 e. The highest BCUT2D eigenvalue weighted by Gasteiger charge is 2.28. The fourth-order valence-electron chi connectivity index (χ4n) is 3.85. The Hall–Kier alpha value is -3.25. The van der Waals surface area contributed by atoms with Crippen LogP contribution >= 0.6 is 0 Å². The van der Waals surface area contributed by atoms with Gasteiger partial charge in [-0.15, -0.1) is 0 Å². The smallest absolute Gasteiger partial charge is 0.341 e. The molecule has 172 valence electrons. The maximum absolute atomic E-state index is 14.3. The molecule has 1 saturated heterocycles. The second-order valence-electron chi connectivity index (χ2n) is 8.62. The van der Waals surface area contributed by atoms with Crippen molar-refractivity contribution < 1.29 is 18.7 Å². The minimum Gasteiger partial charge on any atom is -0.486 e. The number of rotatable bonds is 8. The molecule has 0 radical (unpaired) electrons. The van der Waals surface area contributed by atoms with Gasteiger partial charge in [0.2, 0.25) is 0 Å². The molecule has 2 aromatic carbocycles. The van der Waals surface area contributed by atoms with Crippen LogP contribution in [0.15, 0.2) is 60.8 Å². The quantitative estimate of drug-likeness (QED) is 0.429. The number of benzene rings is 2. The van der Waals surface area contributed by atoms with Crippen LogP contribution in [-0.2, 0) is 11.3 Å². The Balaban J connectivity index is 1.29. The van der Waals surface area contributed by atoms with Crippen molar-refractivity contribution in [2.24, 2.45) is 0 Å². The van der Waals surface area contributed by atoms with Gasteiger partial charge in [0.25, 0.3) is 0 Å². The summed E-state index contributed by atoms with van der Waals surface area (Å²) in [5, 5.41) is 0. The predicted molar refractivity (Wildman–Crippen MR) is 126 cm³/mol. The van der Waals surface area contributed by atoms with E-state index in [9.17, 15) is 9.18 Å². The Morgan fingerprint density at radius 1 is 1.12 bits per heavy atom. The summed E-state index contributed by atoms with van der Waals surface area (Å²) in [6, 6.07) is 16.8. The lowest BCUT2D eigenvalue weighted by Crippen LogP contribution is -2.53. The fourth-order valence-corrected chi connectivity index (χ4v) is 3.85. The first-order valence-electron chi connectivity index (χ1n) is 11.3. The molecule has 6 heteroatoms. The van der Waals surface area contributed by atoms with Crippen LogP contribution in [-0.4, -0.2) is 41.7 Å². The Kier molecular flexibility index (Phi) is 7.04. The van der Waals surface area contributed by atoms with Crippen LogP contribution in [0.1, 0.15) is 48.2 Å². The van der Waals surface area contributed by atoms with Crippen molar-refractivity contribution >= 4 is 5.97 Å². The SMILES string of the molecule is CCOC(=O)c1ccc(-c2ccc(OC3CN(Cc4ccc(C(C)C)cc4)C3)cn2)cc1F. The Morgan fingerprint density at radius 3 is 2.48 bits per heavy atom. The van der Waals surface area contributed by atoms with Gasteiger partial charge in [-0.2, -0.15) is 0 Å². The van der Waals surface area contributed by atoms with E-state index < -0.39 is 11.8 Å². The van der Waals surface area contributed by atoms with E-state index in [0.29, 0.717) is 22.9 Å². The molecule has 3 aromatic rings. The monoisotopic (exact) mass is 448 g/mol. The zero-order chi connectivity index (χ0) is 23.4. The lowest BCUT2D eigenvalue weighted by atomic mass is 10.0. The third kappa shape index (κ3) is 5.57. The number of pyridine rings is 1. The third-order valence-electron chi connectivity index (χ3n) is 5.78. The van der Waals surface area contributed by atoms with Gasteiger partial charge in [0.05, 0.1) is 24.1 Å². The second kappa shape index (κ2) is 10.1. The molecular weight excluding hydrogens is 419 g/mol. The topological polar surface area (TPSA) is 51.7 Å². The third-order valence-corrected chi connectivity index (χ3v) is 5.78. The maximum atomic E-state index is 14.3. The summed E-state index contributed by atoms with van der Waals surface area (Å²) < 4.78 is 25.2. The van der Waals surface area contributed by atoms with Gasteiger partial charge in [-0.05, 0) is 48.2 Å². The van der Waals surface area contributed by atoms with Gasteiger partial charge in [-0.3, -0.25) is 9.88 Å². The minimum atomic E-state index is -0.666. The summed E-state index contributed by atoms with van der Waals surface area (Å²) in [5.41, 5.74) is 3.79. The fraction of sp³-hybridized carbons (Fsp3) is 0.333.